The van der Waals surface area contributed by atoms with Crippen LogP contribution in [0.15, 0.2) is 72.8 Å². The Kier molecular flexibility index (Phi) is 4.68. The van der Waals surface area contributed by atoms with Gasteiger partial charge in [0.05, 0.1) is 12.2 Å². The number of hydrogen-bond acceptors (Lipinski definition) is 3. The van der Waals surface area contributed by atoms with Crippen LogP contribution in [0.2, 0.25) is 0 Å². The highest BCUT2D eigenvalue weighted by Crippen LogP contribution is 2.45. The molecule has 0 aromatic heterocycles. The summed E-state index contributed by atoms with van der Waals surface area (Å²) in [5, 5.41) is 0. The lowest BCUT2D eigenvalue weighted by Gasteiger charge is -2.15. The average molecular weight is 358 g/mol. The first-order chi connectivity index (χ1) is 13.1. The fraction of sp³-hybridized carbons (Fsp3) is 0.208. The summed E-state index contributed by atoms with van der Waals surface area (Å²) in [4.78, 5) is 12.7. The highest BCUT2D eigenvalue weighted by atomic mass is 16.5. The molecule has 0 saturated heterocycles. The topological polar surface area (TPSA) is 35.5 Å². The molecule has 0 spiro atoms. The molecule has 0 radical (unpaired) electrons. The first-order valence-corrected chi connectivity index (χ1v) is 9.25. The van der Waals surface area contributed by atoms with Crippen LogP contribution in [0.1, 0.15) is 41.4 Å². The van der Waals surface area contributed by atoms with E-state index in [-0.39, 0.29) is 12.1 Å². The van der Waals surface area contributed by atoms with Crippen LogP contribution in [0.4, 0.5) is 0 Å². The van der Waals surface area contributed by atoms with Gasteiger partial charge < -0.3 is 9.47 Å². The molecule has 3 aromatic rings. The predicted molar refractivity (Wildman–Crippen MR) is 106 cm³/mol. The molecule has 3 aromatic carbocycles. The predicted octanol–water partition coefficient (Wildman–Crippen LogP) is 5.65. The van der Waals surface area contributed by atoms with Crippen molar-refractivity contribution in [2.75, 3.05) is 6.61 Å². The Bertz CT molecular complexity index is 912. The Morgan fingerprint density at radius 3 is 1.96 bits per heavy atom. The van der Waals surface area contributed by atoms with Crippen LogP contribution in [-0.2, 0) is 4.74 Å². The van der Waals surface area contributed by atoms with E-state index in [1.54, 1.807) is 12.1 Å². The summed E-state index contributed by atoms with van der Waals surface area (Å²) in [7, 11) is 0. The van der Waals surface area contributed by atoms with E-state index >= 15 is 0 Å². The molecule has 0 atom stereocenters. The first kappa shape index (κ1) is 17.3. The van der Waals surface area contributed by atoms with Crippen LogP contribution in [-0.4, -0.2) is 12.6 Å². The van der Waals surface area contributed by atoms with Gasteiger partial charge in [0, 0.05) is 11.1 Å². The molecule has 3 heteroatoms. The monoisotopic (exact) mass is 358 g/mol. The summed E-state index contributed by atoms with van der Waals surface area (Å²) < 4.78 is 11.6. The summed E-state index contributed by atoms with van der Waals surface area (Å²) in [6, 6.07) is 23.3. The van der Waals surface area contributed by atoms with Crippen LogP contribution in [0.3, 0.4) is 0 Å². The van der Waals surface area contributed by atoms with E-state index in [9.17, 15) is 4.79 Å². The van der Waals surface area contributed by atoms with Crippen molar-refractivity contribution < 1.29 is 14.3 Å². The molecule has 4 rings (SSSR count). The van der Waals surface area contributed by atoms with E-state index < -0.39 is 0 Å². The van der Waals surface area contributed by atoms with Crippen LogP contribution >= 0.6 is 0 Å². The van der Waals surface area contributed by atoms with Crippen molar-refractivity contribution >= 4 is 5.97 Å². The van der Waals surface area contributed by atoms with Gasteiger partial charge in [-0.25, -0.2) is 4.79 Å². The number of esters is 1. The highest BCUT2D eigenvalue weighted by Gasteiger charge is 2.31. The van der Waals surface area contributed by atoms with E-state index in [2.05, 4.69) is 26.0 Å². The number of fused-ring (bicyclic) bond motifs is 3. The number of ether oxygens (including phenoxy) is 2. The maximum absolute atomic E-state index is 12.7. The third-order valence-corrected chi connectivity index (χ3v) is 4.67. The second-order valence-corrected chi connectivity index (χ2v) is 7.19. The molecule has 0 unspecified atom stereocenters. The van der Waals surface area contributed by atoms with Crippen LogP contribution < -0.4 is 4.74 Å². The Hall–Kier alpha value is -3.07. The zero-order valence-electron chi connectivity index (χ0n) is 15.5. The van der Waals surface area contributed by atoms with E-state index in [1.165, 1.54) is 0 Å². The molecule has 136 valence electrons. The first-order valence-electron chi connectivity index (χ1n) is 9.25. The van der Waals surface area contributed by atoms with E-state index in [4.69, 9.17) is 9.47 Å². The minimum Gasteiger partial charge on any atom is -0.493 e. The van der Waals surface area contributed by atoms with Gasteiger partial charge in [0.25, 0.3) is 0 Å². The molecule has 3 nitrogen and oxygen atoms in total. The number of benzene rings is 3. The van der Waals surface area contributed by atoms with Gasteiger partial charge in [0.15, 0.2) is 6.10 Å². The number of carbonyl (C=O) groups excluding carboxylic acids is 1. The van der Waals surface area contributed by atoms with Crippen molar-refractivity contribution in [1.29, 1.82) is 0 Å². The normalized spacial score (nSPS) is 12.6. The lowest BCUT2D eigenvalue weighted by atomic mass is 10.1. The van der Waals surface area contributed by atoms with Gasteiger partial charge in [-0.3, -0.25) is 0 Å². The standard InChI is InChI=1S/C24H22O3/c1-16(2)15-26-18-13-11-17(12-14-18)24(25)27-23-21-9-5-3-7-19(21)20-8-4-6-10-22(20)23/h3-14,16,23H,15H2,1-2H3. The molecular formula is C24H22O3. The van der Waals surface area contributed by atoms with Gasteiger partial charge >= 0.3 is 5.97 Å². The van der Waals surface area contributed by atoms with Crippen molar-refractivity contribution in [2.45, 2.75) is 20.0 Å². The van der Waals surface area contributed by atoms with E-state index in [0.29, 0.717) is 18.1 Å². The van der Waals surface area contributed by atoms with E-state index in [1.807, 2.05) is 48.5 Å². The summed E-state index contributed by atoms with van der Waals surface area (Å²) >= 11 is 0. The minimum absolute atomic E-state index is 0.332. The molecule has 0 aliphatic heterocycles. The number of carbonyl (C=O) groups is 1. The third kappa shape index (κ3) is 3.45. The average Bonchev–Trinajstić information content (AvgIpc) is 3.01. The molecule has 0 fully saturated rings. The fourth-order valence-electron chi connectivity index (χ4n) is 3.36. The molecular weight excluding hydrogens is 336 g/mol. The Morgan fingerprint density at radius 2 is 1.41 bits per heavy atom. The minimum atomic E-state index is -0.373. The van der Waals surface area contributed by atoms with E-state index in [0.717, 1.165) is 28.0 Å². The quantitative estimate of drug-likeness (QED) is 0.553. The molecule has 0 saturated carbocycles. The maximum atomic E-state index is 12.7. The van der Waals surface area contributed by atoms with Gasteiger partial charge in [0.1, 0.15) is 5.75 Å². The Balaban J connectivity index is 1.55. The second kappa shape index (κ2) is 7.28. The van der Waals surface area contributed by atoms with Crippen molar-refractivity contribution in [3.05, 3.63) is 89.5 Å². The van der Waals surface area contributed by atoms with Gasteiger partial charge in [-0.15, -0.1) is 0 Å². The largest absolute Gasteiger partial charge is 0.493 e. The highest BCUT2D eigenvalue weighted by molar-refractivity contribution is 5.90. The summed E-state index contributed by atoms with van der Waals surface area (Å²) in [6.07, 6.45) is -0.373. The Morgan fingerprint density at radius 1 is 0.852 bits per heavy atom. The molecule has 27 heavy (non-hydrogen) atoms. The maximum Gasteiger partial charge on any atom is 0.339 e. The molecule has 1 aliphatic carbocycles. The van der Waals surface area contributed by atoms with Gasteiger partial charge in [-0.05, 0) is 41.3 Å². The molecule has 0 heterocycles. The summed E-state index contributed by atoms with van der Waals surface area (Å²) in [5.41, 5.74) is 4.84. The lowest BCUT2D eigenvalue weighted by Crippen LogP contribution is -2.11. The van der Waals surface area contributed by atoms with Crippen molar-refractivity contribution in [2.24, 2.45) is 5.92 Å². The third-order valence-electron chi connectivity index (χ3n) is 4.67. The molecule has 0 amide bonds. The number of hydrogen-bond donors (Lipinski definition) is 0. The fourth-order valence-corrected chi connectivity index (χ4v) is 3.36. The summed E-state index contributed by atoms with van der Waals surface area (Å²) in [5.74, 6) is 0.885. The smallest absolute Gasteiger partial charge is 0.339 e. The van der Waals surface area contributed by atoms with Gasteiger partial charge in [-0.1, -0.05) is 62.4 Å². The lowest BCUT2D eigenvalue weighted by molar-refractivity contribution is 0.0385. The number of rotatable bonds is 5. The molecule has 0 bridgehead atoms. The van der Waals surface area contributed by atoms with Crippen molar-refractivity contribution in [3.63, 3.8) is 0 Å². The molecule has 0 N–H and O–H groups in total. The van der Waals surface area contributed by atoms with Crippen molar-refractivity contribution in [1.82, 2.24) is 0 Å². The van der Waals surface area contributed by atoms with Crippen molar-refractivity contribution in [3.8, 4) is 16.9 Å². The zero-order chi connectivity index (χ0) is 18.8. The second-order valence-electron chi connectivity index (χ2n) is 7.19. The zero-order valence-corrected chi connectivity index (χ0v) is 15.5. The van der Waals surface area contributed by atoms with Crippen LogP contribution in [0.25, 0.3) is 11.1 Å². The summed E-state index contributed by atoms with van der Waals surface area (Å²) in [6.45, 7) is 4.85. The molecule has 1 aliphatic rings. The van der Waals surface area contributed by atoms with Gasteiger partial charge in [-0.2, -0.15) is 0 Å². The van der Waals surface area contributed by atoms with Crippen LogP contribution in [0.5, 0.6) is 5.75 Å². The Labute approximate surface area is 159 Å². The SMILES string of the molecule is CC(C)COc1ccc(C(=O)OC2c3ccccc3-c3ccccc32)cc1. The van der Waals surface area contributed by atoms with Crippen LogP contribution in [0, 0.1) is 5.92 Å². The van der Waals surface area contributed by atoms with Gasteiger partial charge in [0.2, 0.25) is 0 Å².